The monoisotopic (exact) mass is 347 g/mol. The van der Waals surface area contributed by atoms with E-state index in [0.29, 0.717) is 43.1 Å². The first-order valence-electron chi connectivity index (χ1n) is 8.87. The molecule has 1 unspecified atom stereocenters. The van der Waals surface area contributed by atoms with E-state index in [4.69, 9.17) is 0 Å². The first-order valence-corrected chi connectivity index (χ1v) is 8.87. The van der Waals surface area contributed by atoms with Crippen LogP contribution < -0.4 is 5.69 Å². The molecule has 0 radical (unpaired) electrons. The number of carboxylic acids is 1. The summed E-state index contributed by atoms with van der Waals surface area (Å²) in [4.78, 5) is 42.2. The Morgan fingerprint density at radius 2 is 2.08 bits per heavy atom. The maximum Gasteiger partial charge on any atom is 0.348 e. The summed E-state index contributed by atoms with van der Waals surface area (Å²) in [6.07, 6.45) is 4.13. The highest BCUT2D eigenvalue weighted by Gasteiger charge is 2.46. The molecule has 1 saturated heterocycles. The molecule has 0 bridgehead atoms. The lowest BCUT2D eigenvalue weighted by atomic mass is 9.75. The van der Waals surface area contributed by atoms with Crippen LogP contribution in [0.2, 0.25) is 0 Å². The number of hydrogen-bond donors (Lipinski definition) is 1. The van der Waals surface area contributed by atoms with E-state index in [2.05, 4.69) is 4.98 Å². The molecule has 1 saturated carbocycles. The average Bonchev–Trinajstić information content (AvgIpc) is 3.34. The van der Waals surface area contributed by atoms with Crippen LogP contribution in [-0.2, 0) is 16.1 Å². The van der Waals surface area contributed by atoms with E-state index in [9.17, 15) is 19.5 Å². The number of hydrogen-bond acceptors (Lipinski definition) is 4. The minimum Gasteiger partial charge on any atom is -0.481 e. The largest absolute Gasteiger partial charge is 0.481 e. The van der Waals surface area contributed by atoms with Crippen LogP contribution in [0.4, 0.5) is 0 Å². The Hall–Kier alpha value is -2.18. The Labute approximate surface area is 146 Å². The van der Waals surface area contributed by atoms with Gasteiger partial charge in [-0.05, 0) is 45.1 Å². The van der Waals surface area contributed by atoms with Gasteiger partial charge in [0.1, 0.15) is 6.54 Å². The summed E-state index contributed by atoms with van der Waals surface area (Å²) >= 11 is 0. The van der Waals surface area contributed by atoms with Gasteiger partial charge in [0.25, 0.3) is 0 Å². The SMILES string of the molecule is Cc1cc(C)n(CC(=O)N2CCCC(CC3CC3)(C(=O)O)C2)c(=O)n1. The molecule has 136 valence electrons. The van der Waals surface area contributed by atoms with Gasteiger partial charge in [-0.25, -0.2) is 4.79 Å². The zero-order chi connectivity index (χ0) is 18.2. The van der Waals surface area contributed by atoms with Gasteiger partial charge in [-0.3, -0.25) is 14.2 Å². The highest BCUT2D eigenvalue weighted by Crippen LogP contribution is 2.44. The lowest BCUT2D eigenvalue weighted by Crippen LogP contribution is -2.51. The summed E-state index contributed by atoms with van der Waals surface area (Å²) in [5.74, 6) is -0.531. The fourth-order valence-electron chi connectivity index (χ4n) is 3.85. The van der Waals surface area contributed by atoms with Crippen LogP contribution in [0.5, 0.6) is 0 Å². The highest BCUT2D eigenvalue weighted by molar-refractivity contribution is 5.79. The third kappa shape index (κ3) is 3.75. The first kappa shape index (κ1) is 17.6. The van der Waals surface area contributed by atoms with Crippen LogP contribution in [0, 0.1) is 25.2 Å². The second-order valence-electron chi connectivity index (χ2n) is 7.56. The van der Waals surface area contributed by atoms with Crippen molar-refractivity contribution in [3.05, 3.63) is 27.9 Å². The van der Waals surface area contributed by atoms with Gasteiger partial charge in [0.15, 0.2) is 0 Å². The Kier molecular flexibility index (Phi) is 4.67. The van der Waals surface area contributed by atoms with Crippen molar-refractivity contribution in [1.82, 2.24) is 14.5 Å². The molecule has 1 aliphatic carbocycles. The number of rotatable bonds is 5. The number of aliphatic carboxylic acids is 1. The standard InChI is InChI=1S/C18H25N3O4/c1-12-8-13(2)21(17(25)19-12)10-15(22)20-7-3-6-18(11-20,16(23)24)9-14-4-5-14/h8,14H,3-7,9-11H2,1-2H3,(H,23,24). The van der Waals surface area contributed by atoms with Crippen molar-refractivity contribution in [3.8, 4) is 0 Å². The van der Waals surface area contributed by atoms with E-state index >= 15 is 0 Å². The molecule has 1 aliphatic heterocycles. The van der Waals surface area contributed by atoms with E-state index in [-0.39, 0.29) is 19.0 Å². The topological polar surface area (TPSA) is 92.5 Å². The molecule has 1 aromatic rings. The van der Waals surface area contributed by atoms with Crippen LogP contribution >= 0.6 is 0 Å². The van der Waals surface area contributed by atoms with Crippen molar-refractivity contribution in [3.63, 3.8) is 0 Å². The van der Waals surface area contributed by atoms with Gasteiger partial charge in [-0.1, -0.05) is 12.8 Å². The summed E-state index contributed by atoms with van der Waals surface area (Å²) in [7, 11) is 0. The fourth-order valence-corrected chi connectivity index (χ4v) is 3.85. The van der Waals surface area contributed by atoms with E-state index in [0.717, 1.165) is 12.8 Å². The number of amides is 1. The molecule has 2 heterocycles. The molecule has 1 aromatic heterocycles. The van der Waals surface area contributed by atoms with Crippen LogP contribution in [-0.4, -0.2) is 44.5 Å². The van der Waals surface area contributed by atoms with E-state index in [1.165, 1.54) is 4.57 Å². The molecule has 0 spiro atoms. The van der Waals surface area contributed by atoms with E-state index in [1.807, 2.05) is 0 Å². The van der Waals surface area contributed by atoms with Crippen molar-refractivity contribution in [2.75, 3.05) is 13.1 Å². The summed E-state index contributed by atoms with van der Waals surface area (Å²) in [6, 6.07) is 1.76. The average molecular weight is 347 g/mol. The van der Waals surface area contributed by atoms with Gasteiger partial charge >= 0.3 is 11.7 Å². The summed E-state index contributed by atoms with van der Waals surface area (Å²) in [5, 5.41) is 9.77. The van der Waals surface area contributed by atoms with E-state index in [1.54, 1.807) is 24.8 Å². The molecule has 7 heteroatoms. The highest BCUT2D eigenvalue weighted by atomic mass is 16.4. The first-order chi connectivity index (χ1) is 11.8. The zero-order valence-electron chi connectivity index (χ0n) is 14.8. The third-order valence-corrected chi connectivity index (χ3v) is 5.40. The predicted octanol–water partition coefficient (Wildman–Crippen LogP) is 1.35. The van der Waals surface area contributed by atoms with Gasteiger partial charge in [-0.15, -0.1) is 0 Å². The number of aromatic nitrogens is 2. The molecule has 2 fully saturated rings. The van der Waals surface area contributed by atoms with Gasteiger partial charge in [-0.2, -0.15) is 4.98 Å². The minimum absolute atomic E-state index is 0.0862. The molecule has 1 N–H and O–H groups in total. The van der Waals surface area contributed by atoms with E-state index < -0.39 is 17.1 Å². The Bertz CT molecular complexity index is 753. The van der Waals surface area contributed by atoms with Crippen LogP contribution in [0.3, 0.4) is 0 Å². The number of nitrogens with zero attached hydrogens (tertiary/aromatic N) is 3. The van der Waals surface area contributed by atoms with Crippen molar-refractivity contribution in [2.24, 2.45) is 11.3 Å². The van der Waals surface area contributed by atoms with Crippen molar-refractivity contribution >= 4 is 11.9 Å². The number of aryl methyl sites for hydroxylation is 2. The van der Waals surface area contributed by atoms with Crippen LogP contribution in [0.1, 0.15) is 43.5 Å². The molecule has 3 rings (SSSR count). The van der Waals surface area contributed by atoms with Gasteiger partial charge in [0.2, 0.25) is 5.91 Å². The summed E-state index contributed by atoms with van der Waals surface area (Å²) in [5.41, 5.74) is 0.0369. The normalized spacial score (nSPS) is 23.5. The van der Waals surface area contributed by atoms with Crippen molar-refractivity contribution in [2.45, 2.75) is 52.5 Å². The Morgan fingerprint density at radius 3 is 2.68 bits per heavy atom. The maximum absolute atomic E-state index is 12.7. The number of carboxylic acid groups (broad SMARTS) is 1. The molecule has 1 atom stereocenters. The Morgan fingerprint density at radius 1 is 1.36 bits per heavy atom. The second-order valence-corrected chi connectivity index (χ2v) is 7.56. The summed E-state index contributed by atoms with van der Waals surface area (Å²) in [6.45, 7) is 4.21. The number of likely N-dealkylation sites (tertiary alicyclic amines) is 1. The lowest BCUT2D eigenvalue weighted by molar-refractivity contribution is -0.156. The van der Waals surface area contributed by atoms with Crippen molar-refractivity contribution < 1.29 is 14.7 Å². The zero-order valence-corrected chi connectivity index (χ0v) is 14.8. The molecule has 2 aliphatic rings. The molecule has 7 nitrogen and oxygen atoms in total. The second kappa shape index (κ2) is 6.61. The quantitative estimate of drug-likeness (QED) is 0.868. The maximum atomic E-state index is 12.7. The van der Waals surface area contributed by atoms with Crippen molar-refractivity contribution in [1.29, 1.82) is 0 Å². The molecule has 25 heavy (non-hydrogen) atoms. The van der Waals surface area contributed by atoms with Crippen LogP contribution in [0.25, 0.3) is 0 Å². The third-order valence-electron chi connectivity index (χ3n) is 5.40. The predicted molar refractivity (Wildman–Crippen MR) is 91.2 cm³/mol. The number of piperidine rings is 1. The fraction of sp³-hybridized carbons (Fsp3) is 0.667. The summed E-state index contributed by atoms with van der Waals surface area (Å²) < 4.78 is 1.35. The Balaban J connectivity index is 1.76. The lowest BCUT2D eigenvalue weighted by Gasteiger charge is -2.40. The minimum atomic E-state index is -0.833. The van der Waals surface area contributed by atoms with Gasteiger partial charge in [0.05, 0.1) is 5.41 Å². The smallest absolute Gasteiger partial charge is 0.348 e. The molecular weight excluding hydrogens is 322 g/mol. The molecule has 1 amide bonds. The van der Waals surface area contributed by atoms with Crippen LogP contribution in [0.15, 0.2) is 10.9 Å². The number of carbonyl (C=O) groups excluding carboxylic acids is 1. The molecular formula is C18H25N3O4. The van der Waals surface area contributed by atoms with Gasteiger partial charge < -0.3 is 10.0 Å². The molecule has 0 aromatic carbocycles. The van der Waals surface area contributed by atoms with Gasteiger partial charge in [0, 0.05) is 24.5 Å². The number of carbonyl (C=O) groups is 2.